The Hall–Kier alpha value is -3.59. The molecular weight excluding hydrogens is 808 g/mol. The van der Waals surface area contributed by atoms with Gasteiger partial charge < -0.3 is 63.5 Å². The van der Waals surface area contributed by atoms with Gasteiger partial charge in [-0.25, -0.2) is 4.79 Å². The summed E-state index contributed by atoms with van der Waals surface area (Å²) >= 11 is 0. The largest absolute Gasteiger partial charge is 0.445 e. The molecule has 346 valence electrons. The number of amides is 3. The normalized spacial score (nSPS) is 31.3. The van der Waals surface area contributed by atoms with Crippen LogP contribution in [0.1, 0.15) is 98.5 Å². The van der Waals surface area contributed by atoms with Gasteiger partial charge in [-0.05, 0) is 85.6 Å². The summed E-state index contributed by atoms with van der Waals surface area (Å²) in [4.78, 5) is 65.6. The number of methoxy groups -OCH3 is 2. The van der Waals surface area contributed by atoms with E-state index in [0.29, 0.717) is 64.7 Å². The third-order valence-corrected chi connectivity index (χ3v) is 12.4. The van der Waals surface area contributed by atoms with Crippen molar-refractivity contribution >= 4 is 29.5 Å². The van der Waals surface area contributed by atoms with Gasteiger partial charge in [-0.2, -0.15) is 0 Å². The molecule has 0 spiro atoms. The summed E-state index contributed by atoms with van der Waals surface area (Å²) in [5, 5.41) is 2.92. The third kappa shape index (κ3) is 11.9. The number of hydrogen-bond acceptors (Lipinski definition) is 15. The van der Waals surface area contributed by atoms with Crippen LogP contribution in [-0.4, -0.2) is 152 Å². The zero-order valence-corrected chi connectivity index (χ0v) is 37.4. The van der Waals surface area contributed by atoms with Crippen molar-refractivity contribution in [3.8, 4) is 0 Å². The topological polar surface area (TPSA) is 213 Å². The molecule has 0 unspecified atom stereocenters. The maximum Gasteiger partial charge on any atom is 0.407 e. The van der Waals surface area contributed by atoms with Crippen LogP contribution in [0.5, 0.6) is 0 Å². The van der Waals surface area contributed by atoms with Crippen molar-refractivity contribution in [2.45, 2.75) is 171 Å². The van der Waals surface area contributed by atoms with Crippen molar-refractivity contribution < 1.29 is 66.6 Å². The molecule has 6 fully saturated rings. The van der Waals surface area contributed by atoms with Gasteiger partial charge >= 0.3 is 6.09 Å². The minimum absolute atomic E-state index is 0.0464. The zero-order valence-electron chi connectivity index (χ0n) is 37.4. The van der Waals surface area contributed by atoms with E-state index in [1.54, 1.807) is 16.9 Å². The highest BCUT2D eigenvalue weighted by atomic mass is 16.8. The number of ether oxygens (including phenoxy) is 9. The van der Waals surface area contributed by atoms with E-state index < -0.39 is 65.3 Å². The van der Waals surface area contributed by atoms with Gasteiger partial charge in [0.25, 0.3) is 11.8 Å². The Bertz CT molecular complexity index is 1740. The second-order valence-corrected chi connectivity index (χ2v) is 18.6. The van der Waals surface area contributed by atoms with E-state index in [-0.39, 0.29) is 55.5 Å². The molecule has 1 aromatic rings. The molecule has 0 radical (unpaired) electrons. The molecule has 62 heavy (non-hydrogen) atoms. The Morgan fingerprint density at radius 2 is 1.08 bits per heavy atom. The van der Waals surface area contributed by atoms with Crippen LogP contribution in [0.4, 0.5) is 4.79 Å². The Kier molecular flexibility index (Phi) is 15.2. The number of fused-ring (bicyclic) bond motifs is 2. The molecule has 0 bridgehead atoms. The number of benzene rings is 1. The first-order valence-corrected chi connectivity index (χ1v) is 21.7. The number of hydrogen-bond donors (Lipinski definition) is 2. The third-order valence-electron chi connectivity index (χ3n) is 12.4. The van der Waals surface area contributed by atoms with Crippen LogP contribution in [0, 0.1) is 0 Å². The minimum Gasteiger partial charge on any atom is -0.445 e. The van der Waals surface area contributed by atoms with E-state index in [1.165, 1.54) is 7.11 Å². The lowest BCUT2D eigenvalue weighted by Gasteiger charge is -2.39. The number of likely N-dealkylation sites (tertiary alicyclic amines) is 2. The molecule has 0 aliphatic carbocycles. The van der Waals surface area contributed by atoms with Crippen LogP contribution < -0.4 is 11.1 Å². The van der Waals surface area contributed by atoms with E-state index in [2.05, 4.69) is 5.32 Å². The number of nitrogens with two attached hydrogens (primary N) is 1. The summed E-state index contributed by atoms with van der Waals surface area (Å²) in [5.74, 6) is -3.27. The SMILES string of the molecule is CO[C@@H]1O[C@H](CCC(=O)C(=O)N2CCC(C)(N)CC2)[C@H]2OC(C)(C)O[C@@H]12.CO[C@@H]1O[C@H](CCC(=O)C(=O)N2CCC(C)(NC(=O)OCc3ccccc3)CC2)[C@H]2OC(C)(C)O[C@@H]12. The average molecular weight is 875 g/mol. The lowest BCUT2D eigenvalue weighted by molar-refractivity contribution is -0.227. The number of carbonyl (C=O) groups is 5. The monoisotopic (exact) mass is 874 g/mol. The molecule has 3 amide bonds. The van der Waals surface area contributed by atoms with Gasteiger partial charge in [-0.15, -0.1) is 0 Å². The molecule has 18 heteroatoms. The Morgan fingerprint density at radius 1 is 0.661 bits per heavy atom. The molecule has 0 aromatic heterocycles. The highest BCUT2D eigenvalue weighted by Gasteiger charge is 2.56. The van der Waals surface area contributed by atoms with Gasteiger partial charge in [-0.3, -0.25) is 19.2 Å². The fraction of sp³-hybridized carbons (Fsp3) is 0.750. The van der Waals surface area contributed by atoms with Crippen molar-refractivity contribution in [2.24, 2.45) is 5.73 Å². The second-order valence-electron chi connectivity index (χ2n) is 18.6. The summed E-state index contributed by atoms with van der Waals surface area (Å²) < 4.78 is 51.2. The number of Topliss-reactive ketones (excluding diaryl/α,β-unsaturated/α-hetero) is 2. The summed E-state index contributed by atoms with van der Waals surface area (Å²) in [7, 11) is 3.09. The van der Waals surface area contributed by atoms with Crippen LogP contribution in [0.15, 0.2) is 30.3 Å². The number of ketones is 2. The zero-order chi connectivity index (χ0) is 45.0. The summed E-state index contributed by atoms with van der Waals surface area (Å²) in [6, 6.07) is 9.45. The number of alkyl carbamates (subject to hydrolysis) is 1. The van der Waals surface area contributed by atoms with E-state index in [1.807, 2.05) is 71.9 Å². The van der Waals surface area contributed by atoms with Crippen LogP contribution in [0.2, 0.25) is 0 Å². The van der Waals surface area contributed by atoms with Gasteiger partial charge in [0.15, 0.2) is 24.2 Å². The molecule has 6 heterocycles. The van der Waals surface area contributed by atoms with Crippen LogP contribution >= 0.6 is 0 Å². The Labute approximate surface area is 364 Å². The van der Waals surface area contributed by atoms with Crippen LogP contribution in [0.3, 0.4) is 0 Å². The van der Waals surface area contributed by atoms with E-state index in [9.17, 15) is 24.0 Å². The molecule has 8 atom stereocenters. The van der Waals surface area contributed by atoms with Gasteiger partial charge in [-0.1, -0.05) is 30.3 Å². The fourth-order valence-electron chi connectivity index (χ4n) is 8.80. The molecule has 18 nitrogen and oxygen atoms in total. The number of carbonyl (C=O) groups excluding carboxylic acids is 5. The maximum absolute atomic E-state index is 12.8. The highest BCUT2D eigenvalue weighted by molar-refractivity contribution is 6.36. The molecule has 7 rings (SSSR count). The number of piperidine rings is 2. The highest BCUT2D eigenvalue weighted by Crippen LogP contribution is 2.41. The van der Waals surface area contributed by atoms with Crippen LogP contribution in [0.25, 0.3) is 0 Å². The van der Waals surface area contributed by atoms with E-state index in [4.69, 9.17) is 48.4 Å². The van der Waals surface area contributed by atoms with Gasteiger partial charge in [0, 0.05) is 64.3 Å². The van der Waals surface area contributed by atoms with Crippen molar-refractivity contribution in [3.05, 3.63) is 35.9 Å². The van der Waals surface area contributed by atoms with Gasteiger partial charge in [0.1, 0.15) is 31.0 Å². The first-order valence-electron chi connectivity index (χ1n) is 21.7. The number of nitrogens with zero attached hydrogens (tertiary/aromatic N) is 2. The second kappa shape index (κ2) is 19.7. The van der Waals surface area contributed by atoms with Crippen molar-refractivity contribution in [2.75, 3.05) is 40.4 Å². The summed E-state index contributed by atoms with van der Waals surface area (Å²) in [6.45, 7) is 13.2. The molecule has 0 saturated carbocycles. The first-order chi connectivity index (χ1) is 29.2. The van der Waals surface area contributed by atoms with Crippen LogP contribution in [-0.2, 0) is 68.4 Å². The smallest absolute Gasteiger partial charge is 0.407 e. The maximum atomic E-state index is 12.8. The lowest BCUT2D eigenvalue weighted by Crippen LogP contribution is -2.55. The molecule has 3 N–H and O–H groups in total. The molecule has 6 saturated heterocycles. The minimum atomic E-state index is -0.754. The van der Waals surface area contributed by atoms with E-state index >= 15 is 0 Å². The quantitative estimate of drug-likeness (QED) is 0.273. The molecule has 1 aromatic carbocycles. The summed E-state index contributed by atoms with van der Waals surface area (Å²) in [5.41, 5.74) is 6.22. The number of rotatable bonds is 13. The molecular formula is C44H66N4O14. The summed E-state index contributed by atoms with van der Waals surface area (Å²) in [6.07, 6.45) is -0.309. The van der Waals surface area contributed by atoms with Gasteiger partial charge in [0.05, 0.1) is 12.2 Å². The van der Waals surface area contributed by atoms with Gasteiger partial charge in [0.2, 0.25) is 11.6 Å². The lowest BCUT2D eigenvalue weighted by atomic mass is 9.89. The Morgan fingerprint density at radius 3 is 1.52 bits per heavy atom. The molecule has 6 aliphatic rings. The number of nitrogens with one attached hydrogen (secondary N) is 1. The first kappa shape index (κ1) is 47.9. The Balaban J connectivity index is 0.000000218. The van der Waals surface area contributed by atoms with Crippen molar-refractivity contribution in [1.29, 1.82) is 0 Å². The predicted molar refractivity (Wildman–Crippen MR) is 220 cm³/mol. The molecule has 6 aliphatic heterocycles. The van der Waals surface area contributed by atoms with Crippen molar-refractivity contribution in [3.63, 3.8) is 0 Å². The fourth-order valence-corrected chi connectivity index (χ4v) is 8.80. The predicted octanol–water partition coefficient (Wildman–Crippen LogP) is 3.10. The average Bonchev–Trinajstić information content (AvgIpc) is 3.93. The standard InChI is InChI=1S/C26H36N2O8.C18H30N2O6/c1-25(2)35-20-19(34-23(32-4)21(20)36-25)11-10-18(29)22(30)28-14-12-26(3,13-15-28)27-24(31)33-16-17-8-6-5-7-9-17;1-17(2)25-13-12(24-16(23-4)14(13)26-17)6-5-11(21)15(22)20-9-7-18(3,19)8-10-20/h5-9,19-21,23H,10-16H2,1-4H3,(H,27,31);12-14,16H,5-10,19H2,1-4H3/t19-,20-,21-,23-;12-,13-,14-,16-/m11/s1. The van der Waals surface area contributed by atoms with Crippen molar-refractivity contribution in [1.82, 2.24) is 15.1 Å². The van der Waals surface area contributed by atoms with E-state index in [0.717, 1.165) is 5.56 Å².